The van der Waals surface area contributed by atoms with E-state index in [0.29, 0.717) is 37.3 Å². The maximum absolute atomic E-state index is 12.7. The summed E-state index contributed by atoms with van der Waals surface area (Å²) in [6.07, 6.45) is 0. The zero-order chi connectivity index (χ0) is 14.9. The number of rotatable bonds is 3. The van der Waals surface area contributed by atoms with E-state index >= 15 is 0 Å². The summed E-state index contributed by atoms with van der Waals surface area (Å²) in [5.74, 6) is 0. The number of nitrogens with one attached hydrogen (secondary N) is 1. The van der Waals surface area contributed by atoms with Crippen molar-refractivity contribution < 1.29 is 13.3 Å². The number of benzene rings is 1. The third kappa shape index (κ3) is 3.34. The van der Waals surface area contributed by atoms with Crippen LogP contribution in [0.4, 0.5) is 5.69 Å². The lowest BCUT2D eigenvalue weighted by molar-refractivity contribution is -0.388. The van der Waals surface area contributed by atoms with Crippen LogP contribution in [0.3, 0.4) is 0 Å². The lowest BCUT2D eigenvalue weighted by Crippen LogP contribution is -2.46. The molecule has 0 unspecified atom stereocenters. The topological polar surface area (TPSA) is 92.6 Å². The Morgan fingerprint density at radius 1 is 1.19 bits per heavy atom. The van der Waals surface area contributed by atoms with Crippen LogP contribution in [-0.2, 0) is 10.0 Å². The van der Waals surface area contributed by atoms with E-state index in [1.807, 2.05) is 0 Å². The molecule has 1 saturated heterocycles. The van der Waals surface area contributed by atoms with E-state index in [0.717, 1.165) is 0 Å². The molecular weight excluding hydrogens is 318 g/mol. The predicted molar refractivity (Wildman–Crippen MR) is 81.4 cm³/mol. The van der Waals surface area contributed by atoms with Crippen molar-refractivity contribution in [2.24, 2.45) is 0 Å². The SMILES string of the molecule is Cc1ccc(C)c(S(=O)(=O)N2CCNCC2)c1[N+](=O)[O-].Cl. The van der Waals surface area contributed by atoms with Crippen molar-refractivity contribution in [3.63, 3.8) is 0 Å². The quantitative estimate of drug-likeness (QED) is 0.662. The van der Waals surface area contributed by atoms with Gasteiger partial charge in [0, 0.05) is 31.7 Å². The van der Waals surface area contributed by atoms with Crippen LogP contribution in [0.25, 0.3) is 0 Å². The zero-order valence-corrected chi connectivity index (χ0v) is 13.5. The van der Waals surface area contributed by atoms with Gasteiger partial charge in [0.15, 0.2) is 4.90 Å². The van der Waals surface area contributed by atoms with Crippen LogP contribution in [-0.4, -0.2) is 43.8 Å². The van der Waals surface area contributed by atoms with Gasteiger partial charge in [0.2, 0.25) is 10.0 Å². The minimum Gasteiger partial charge on any atom is -0.314 e. The Hall–Kier alpha value is -1.22. The highest BCUT2D eigenvalue weighted by Crippen LogP contribution is 2.32. The van der Waals surface area contributed by atoms with Crippen molar-refractivity contribution in [1.29, 1.82) is 0 Å². The molecule has 0 amide bonds. The summed E-state index contributed by atoms with van der Waals surface area (Å²) in [6.45, 7) is 4.89. The first kappa shape index (κ1) is 17.8. The maximum atomic E-state index is 12.7. The second-order valence-electron chi connectivity index (χ2n) is 4.79. The maximum Gasteiger partial charge on any atom is 0.292 e. The Morgan fingerprint density at radius 3 is 2.24 bits per heavy atom. The van der Waals surface area contributed by atoms with E-state index in [1.54, 1.807) is 26.0 Å². The molecule has 0 radical (unpaired) electrons. The lowest BCUT2D eigenvalue weighted by Gasteiger charge is -2.27. The molecule has 2 rings (SSSR count). The van der Waals surface area contributed by atoms with Gasteiger partial charge in [-0.05, 0) is 19.4 Å². The Balaban J connectivity index is 0.00000220. The van der Waals surface area contributed by atoms with Gasteiger partial charge in [-0.2, -0.15) is 4.31 Å². The molecule has 0 saturated carbocycles. The molecule has 1 heterocycles. The number of hydrogen-bond acceptors (Lipinski definition) is 5. The molecule has 0 bridgehead atoms. The summed E-state index contributed by atoms with van der Waals surface area (Å²) < 4.78 is 26.7. The van der Waals surface area contributed by atoms with Crippen LogP contribution in [0.2, 0.25) is 0 Å². The van der Waals surface area contributed by atoms with Gasteiger partial charge in [-0.1, -0.05) is 12.1 Å². The predicted octanol–water partition coefficient (Wildman–Crippen LogP) is 1.23. The van der Waals surface area contributed by atoms with Crippen molar-refractivity contribution >= 4 is 28.1 Å². The molecule has 0 spiro atoms. The molecule has 1 aliphatic heterocycles. The number of nitro groups is 1. The number of hydrogen-bond donors (Lipinski definition) is 1. The fourth-order valence-corrected chi connectivity index (χ4v) is 4.21. The molecule has 0 aromatic heterocycles. The summed E-state index contributed by atoms with van der Waals surface area (Å²) in [5, 5.41) is 14.3. The van der Waals surface area contributed by atoms with E-state index in [9.17, 15) is 18.5 Å². The Labute approximate surface area is 129 Å². The molecule has 7 nitrogen and oxygen atoms in total. The largest absolute Gasteiger partial charge is 0.314 e. The van der Waals surface area contributed by atoms with Crippen molar-refractivity contribution in [3.05, 3.63) is 33.4 Å². The summed E-state index contributed by atoms with van der Waals surface area (Å²) in [5.41, 5.74) is 0.443. The Morgan fingerprint density at radius 2 is 1.71 bits per heavy atom. The number of nitro benzene ring substituents is 1. The molecule has 1 aromatic rings. The average molecular weight is 336 g/mol. The molecule has 9 heteroatoms. The summed E-state index contributed by atoms with van der Waals surface area (Å²) in [6, 6.07) is 3.18. The first-order valence-corrected chi connectivity index (χ1v) is 7.75. The van der Waals surface area contributed by atoms with E-state index in [4.69, 9.17) is 0 Å². The van der Waals surface area contributed by atoms with E-state index in [1.165, 1.54) is 4.31 Å². The molecule has 1 aliphatic rings. The highest BCUT2D eigenvalue weighted by atomic mass is 35.5. The van der Waals surface area contributed by atoms with Crippen LogP contribution in [0, 0.1) is 24.0 Å². The lowest BCUT2D eigenvalue weighted by atomic mass is 10.1. The molecule has 0 atom stereocenters. The van der Waals surface area contributed by atoms with Crippen LogP contribution >= 0.6 is 12.4 Å². The van der Waals surface area contributed by atoms with Crippen LogP contribution in [0.5, 0.6) is 0 Å². The number of nitrogens with zero attached hydrogens (tertiary/aromatic N) is 2. The molecular formula is C12H18ClN3O4S. The van der Waals surface area contributed by atoms with Gasteiger partial charge in [0.05, 0.1) is 4.92 Å². The fraction of sp³-hybridized carbons (Fsp3) is 0.500. The fourth-order valence-electron chi connectivity index (χ4n) is 2.34. The number of aryl methyl sites for hydroxylation is 2. The van der Waals surface area contributed by atoms with Gasteiger partial charge in [0.25, 0.3) is 5.69 Å². The highest BCUT2D eigenvalue weighted by molar-refractivity contribution is 7.89. The third-order valence-electron chi connectivity index (χ3n) is 3.39. The van der Waals surface area contributed by atoms with Crippen molar-refractivity contribution in [1.82, 2.24) is 9.62 Å². The first-order valence-electron chi connectivity index (χ1n) is 6.31. The van der Waals surface area contributed by atoms with Gasteiger partial charge in [0.1, 0.15) is 0 Å². The first-order chi connectivity index (χ1) is 9.35. The molecule has 1 fully saturated rings. The summed E-state index contributed by atoms with van der Waals surface area (Å²) in [4.78, 5) is 10.4. The third-order valence-corrected chi connectivity index (χ3v) is 5.46. The Bertz CT molecular complexity index is 642. The van der Waals surface area contributed by atoms with Crippen LogP contribution in [0.1, 0.15) is 11.1 Å². The summed E-state index contributed by atoms with van der Waals surface area (Å²) >= 11 is 0. The minimum atomic E-state index is -3.84. The van der Waals surface area contributed by atoms with E-state index in [-0.39, 0.29) is 23.0 Å². The van der Waals surface area contributed by atoms with E-state index in [2.05, 4.69) is 5.32 Å². The Kier molecular flexibility index (Phi) is 5.68. The van der Waals surface area contributed by atoms with Gasteiger partial charge in [-0.25, -0.2) is 8.42 Å². The molecule has 118 valence electrons. The second kappa shape index (κ2) is 6.69. The number of sulfonamides is 1. The van der Waals surface area contributed by atoms with Crippen LogP contribution in [0.15, 0.2) is 17.0 Å². The van der Waals surface area contributed by atoms with E-state index < -0.39 is 14.9 Å². The van der Waals surface area contributed by atoms with Crippen LogP contribution < -0.4 is 5.32 Å². The van der Waals surface area contributed by atoms with Crippen molar-refractivity contribution in [2.75, 3.05) is 26.2 Å². The molecule has 0 aliphatic carbocycles. The molecule has 1 aromatic carbocycles. The van der Waals surface area contributed by atoms with Crippen molar-refractivity contribution in [3.8, 4) is 0 Å². The molecule has 21 heavy (non-hydrogen) atoms. The zero-order valence-electron chi connectivity index (χ0n) is 11.8. The number of piperazine rings is 1. The van der Waals surface area contributed by atoms with Gasteiger partial charge in [-0.15, -0.1) is 12.4 Å². The second-order valence-corrected chi connectivity index (χ2v) is 6.66. The highest BCUT2D eigenvalue weighted by Gasteiger charge is 2.35. The molecule has 1 N–H and O–H groups in total. The normalized spacial score (nSPS) is 16.3. The standard InChI is InChI=1S/C12H17N3O4S.ClH/c1-9-3-4-10(2)12(11(9)15(16)17)20(18,19)14-7-5-13-6-8-14;/h3-4,13H,5-8H2,1-2H3;1H. The minimum absolute atomic E-state index is 0. The van der Waals surface area contributed by atoms with Gasteiger partial charge < -0.3 is 5.32 Å². The smallest absolute Gasteiger partial charge is 0.292 e. The van der Waals surface area contributed by atoms with Gasteiger partial charge >= 0.3 is 0 Å². The van der Waals surface area contributed by atoms with Gasteiger partial charge in [-0.3, -0.25) is 10.1 Å². The average Bonchev–Trinajstić information content (AvgIpc) is 2.41. The summed E-state index contributed by atoms with van der Waals surface area (Å²) in [7, 11) is -3.84. The monoisotopic (exact) mass is 335 g/mol. The number of halogens is 1. The van der Waals surface area contributed by atoms with Crippen molar-refractivity contribution in [2.45, 2.75) is 18.7 Å².